The van der Waals surface area contributed by atoms with Gasteiger partial charge in [-0.05, 0) is 59.3 Å². The summed E-state index contributed by atoms with van der Waals surface area (Å²) in [7, 11) is 2.08. The summed E-state index contributed by atoms with van der Waals surface area (Å²) in [6.07, 6.45) is 2.69. The second-order valence-corrected chi connectivity index (χ2v) is 5.95. The van der Waals surface area contributed by atoms with E-state index in [0.717, 1.165) is 47.1 Å². The largest absolute Gasteiger partial charge is 0.398 e. The first-order chi connectivity index (χ1) is 8.58. The van der Waals surface area contributed by atoms with Gasteiger partial charge < -0.3 is 15.4 Å². The minimum Gasteiger partial charge on any atom is -0.398 e. The standard InChI is InChI=1S/C14H21BrN2O/c1-10-7-14(12(15)8-13(10)16)17(2)5-6-18-9-11-3-4-11/h7-8,11H,3-6,9,16H2,1-2H3. The van der Waals surface area contributed by atoms with Gasteiger partial charge in [0, 0.05) is 30.4 Å². The molecule has 0 aromatic heterocycles. The highest BCUT2D eigenvalue weighted by atomic mass is 79.9. The van der Waals surface area contributed by atoms with Crippen molar-refractivity contribution in [2.24, 2.45) is 5.92 Å². The molecule has 1 aromatic carbocycles. The van der Waals surface area contributed by atoms with E-state index in [1.165, 1.54) is 12.8 Å². The Hall–Kier alpha value is -0.740. The van der Waals surface area contributed by atoms with Gasteiger partial charge in [0.1, 0.15) is 0 Å². The molecule has 0 unspecified atom stereocenters. The zero-order valence-electron chi connectivity index (χ0n) is 11.1. The summed E-state index contributed by atoms with van der Waals surface area (Å²) in [5.41, 5.74) is 8.98. The Morgan fingerprint density at radius 2 is 2.17 bits per heavy atom. The number of hydrogen-bond acceptors (Lipinski definition) is 3. The molecule has 1 aromatic rings. The monoisotopic (exact) mass is 312 g/mol. The third-order valence-electron chi connectivity index (χ3n) is 3.37. The van der Waals surface area contributed by atoms with Crippen molar-refractivity contribution >= 4 is 27.3 Å². The van der Waals surface area contributed by atoms with E-state index in [9.17, 15) is 0 Å². The summed E-state index contributed by atoms with van der Waals surface area (Å²) >= 11 is 3.56. The Kier molecular flexibility index (Phi) is 4.51. The van der Waals surface area contributed by atoms with Gasteiger partial charge >= 0.3 is 0 Å². The topological polar surface area (TPSA) is 38.5 Å². The normalized spacial score (nSPS) is 14.8. The van der Waals surface area contributed by atoms with E-state index in [0.29, 0.717) is 0 Å². The van der Waals surface area contributed by atoms with Crippen LogP contribution < -0.4 is 10.6 Å². The van der Waals surface area contributed by atoms with E-state index >= 15 is 0 Å². The van der Waals surface area contributed by atoms with Crippen molar-refractivity contribution < 1.29 is 4.74 Å². The fourth-order valence-electron chi connectivity index (χ4n) is 1.83. The van der Waals surface area contributed by atoms with Crippen LogP contribution in [0.5, 0.6) is 0 Å². The Morgan fingerprint density at radius 1 is 1.44 bits per heavy atom. The molecule has 0 aliphatic heterocycles. The third kappa shape index (κ3) is 3.62. The van der Waals surface area contributed by atoms with Crippen LogP contribution in [0.1, 0.15) is 18.4 Å². The van der Waals surface area contributed by atoms with E-state index in [2.05, 4.69) is 33.9 Å². The maximum absolute atomic E-state index is 5.88. The van der Waals surface area contributed by atoms with Crippen molar-refractivity contribution in [3.8, 4) is 0 Å². The smallest absolute Gasteiger partial charge is 0.0641 e. The quantitative estimate of drug-likeness (QED) is 0.647. The Labute approximate surface area is 117 Å². The summed E-state index contributed by atoms with van der Waals surface area (Å²) in [5.74, 6) is 0.834. The van der Waals surface area contributed by atoms with Gasteiger partial charge in [0.25, 0.3) is 0 Å². The predicted octanol–water partition coefficient (Wildman–Crippen LogP) is 3.20. The molecule has 2 rings (SSSR count). The number of likely N-dealkylation sites (N-methyl/N-ethyl adjacent to an activating group) is 1. The van der Waals surface area contributed by atoms with Gasteiger partial charge in [-0.1, -0.05) is 0 Å². The minimum atomic E-state index is 0.781. The second-order valence-electron chi connectivity index (χ2n) is 5.10. The zero-order valence-corrected chi connectivity index (χ0v) is 12.7. The van der Waals surface area contributed by atoms with Gasteiger partial charge in [-0.15, -0.1) is 0 Å². The number of hydrogen-bond donors (Lipinski definition) is 1. The molecule has 1 fully saturated rings. The summed E-state index contributed by atoms with van der Waals surface area (Å²) in [4.78, 5) is 2.20. The summed E-state index contributed by atoms with van der Waals surface area (Å²) in [6.45, 7) is 4.63. The predicted molar refractivity (Wildman–Crippen MR) is 80.1 cm³/mol. The number of benzene rings is 1. The first kappa shape index (κ1) is 13.7. The molecular weight excluding hydrogens is 292 g/mol. The Bertz CT molecular complexity index is 419. The van der Waals surface area contributed by atoms with Crippen LogP contribution in [0.15, 0.2) is 16.6 Å². The fraction of sp³-hybridized carbons (Fsp3) is 0.571. The maximum Gasteiger partial charge on any atom is 0.0641 e. The number of halogens is 1. The molecule has 100 valence electrons. The molecule has 0 heterocycles. The molecule has 1 saturated carbocycles. The van der Waals surface area contributed by atoms with E-state index in [1.807, 2.05) is 13.0 Å². The van der Waals surface area contributed by atoms with Crippen LogP contribution in [0.3, 0.4) is 0 Å². The van der Waals surface area contributed by atoms with Gasteiger partial charge in [-0.2, -0.15) is 0 Å². The zero-order chi connectivity index (χ0) is 13.1. The molecule has 0 bridgehead atoms. The lowest BCUT2D eigenvalue weighted by atomic mass is 10.1. The van der Waals surface area contributed by atoms with Gasteiger partial charge in [0.15, 0.2) is 0 Å². The molecule has 1 aliphatic rings. The SMILES string of the molecule is Cc1cc(N(C)CCOCC2CC2)c(Br)cc1N. The van der Waals surface area contributed by atoms with Gasteiger partial charge in [0.2, 0.25) is 0 Å². The van der Waals surface area contributed by atoms with Crippen LogP contribution in [0.25, 0.3) is 0 Å². The fourth-order valence-corrected chi connectivity index (χ4v) is 2.49. The van der Waals surface area contributed by atoms with Crippen LogP contribution in [0.2, 0.25) is 0 Å². The van der Waals surface area contributed by atoms with E-state index < -0.39 is 0 Å². The summed E-state index contributed by atoms with van der Waals surface area (Å²) < 4.78 is 6.70. The van der Waals surface area contributed by atoms with Crippen molar-refractivity contribution in [3.05, 3.63) is 22.2 Å². The van der Waals surface area contributed by atoms with Gasteiger partial charge in [0.05, 0.1) is 12.3 Å². The lowest BCUT2D eigenvalue weighted by molar-refractivity contribution is 0.131. The lowest BCUT2D eigenvalue weighted by Crippen LogP contribution is -2.23. The number of anilines is 2. The van der Waals surface area contributed by atoms with Gasteiger partial charge in [-0.3, -0.25) is 0 Å². The summed E-state index contributed by atoms with van der Waals surface area (Å²) in [5, 5.41) is 0. The molecule has 0 amide bonds. The number of aryl methyl sites for hydroxylation is 1. The lowest BCUT2D eigenvalue weighted by Gasteiger charge is -2.21. The molecule has 0 spiro atoms. The van der Waals surface area contributed by atoms with Crippen molar-refractivity contribution in [2.75, 3.05) is 37.4 Å². The highest BCUT2D eigenvalue weighted by molar-refractivity contribution is 9.10. The Morgan fingerprint density at radius 3 is 2.83 bits per heavy atom. The van der Waals surface area contributed by atoms with Crippen LogP contribution >= 0.6 is 15.9 Å². The van der Waals surface area contributed by atoms with E-state index in [1.54, 1.807) is 0 Å². The molecule has 1 aliphatic carbocycles. The number of nitrogens with zero attached hydrogens (tertiary/aromatic N) is 1. The first-order valence-corrected chi connectivity index (χ1v) is 7.21. The second kappa shape index (κ2) is 5.93. The van der Waals surface area contributed by atoms with Crippen LogP contribution in [-0.4, -0.2) is 26.8 Å². The number of ether oxygens (including phenoxy) is 1. The highest BCUT2D eigenvalue weighted by Gasteiger charge is 2.21. The molecule has 18 heavy (non-hydrogen) atoms. The molecule has 3 nitrogen and oxygen atoms in total. The van der Waals surface area contributed by atoms with E-state index in [4.69, 9.17) is 10.5 Å². The number of nitrogens with two attached hydrogens (primary N) is 1. The van der Waals surface area contributed by atoms with E-state index in [-0.39, 0.29) is 0 Å². The third-order valence-corrected chi connectivity index (χ3v) is 4.00. The molecule has 2 N–H and O–H groups in total. The number of nitrogen functional groups attached to an aromatic ring is 1. The van der Waals surface area contributed by atoms with Crippen molar-refractivity contribution in [1.82, 2.24) is 0 Å². The van der Waals surface area contributed by atoms with Crippen LogP contribution in [0, 0.1) is 12.8 Å². The molecule has 0 saturated heterocycles. The van der Waals surface area contributed by atoms with Crippen LogP contribution in [-0.2, 0) is 4.74 Å². The Balaban J connectivity index is 1.86. The van der Waals surface area contributed by atoms with Crippen molar-refractivity contribution in [3.63, 3.8) is 0 Å². The van der Waals surface area contributed by atoms with Crippen molar-refractivity contribution in [1.29, 1.82) is 0 Å². The first-order valence-electron chi connectivity index (χ1n) is 6.42. The number of rotatable bonds is 6. The van der Waals surface area contributed by atoms with Crippen LogP contribution in [0.4, 0.5) is 11.4 Å². The van der Waals surface area contributed by atoms with Crippen molar-refractivity contribution in [2.45, 2.75) is 19.8 Å². The molecular formula is C14H21BrN2O. The maximum atomic E-state index is 5.88. The van der Waals surface area contributed by atoms with Gasteiger partial charge in [-0.25, -0.2) is 0 Å². The summed E-state index contributed by atoms with van der Waals surface area (Å²) in [6, 6.07) is 4.08. The average molecular weight is 313 g/mol. The molecule has 0 atom stereocenters. The highest BCUT2D eigenvalue weighted by Crippen LogP contribution is 2.30. The minimum absolute atomic E-state index is 0.781. The molecule has 4 heteroatoms. The molecule has 0 radical (unpaired) electrons. The average Bonchev–Trinajstić information content (AvgIpc) is 3.13.